The molecule has 0 N–H and O–H groups in total. The van der Waals surface area contributed by atoms with E-state index < -0.39 is 0 Å². The second-order valence-electron chi connectivity index (χ2n) is 7.93. The van der Waals surface area contributed by atoms with E-state index in [1.54, 1.807) is 0 Å². The summed E-state index contributed by atoms with van der Waals surface area (Å²) in [4.78, 5) is 6.60. The Morgan fingerprint density at radius 1 is 0.889 bits per heavy atom. The van der Waals surface area contributed by atoms with E-state index in [2.05, 4.69) is 78.3 Å². The number of rotatable bonds is 1. The van der Waals surface area contributed by atoms with Crippen molar-refractivity contribution in [3.05, 3.63) is 89.0 Å². The molecule has 5 rings (SSSR count). The van der Waals surface area contributed by atoms with Crippen LogP contribution in [0.3, 0.4) is 0 Å². The molecule has 3 aromatic rings. The highest BCUT2D eigenvalue weighted by atomic mass is 35.5. The predicted molar refractivity (Wildman–Crippen MR) is 113 cm³/mol. The van der Waals surface area contributed by atoms with E-state index in [4.69, 9.17) is 11.6 Å². The van der Waals surface area contributed by atoms with Gasteiger partial charge in [-0.05, 0) is 45.5 Å². The quantitative estimate of drug-likeness (QED) is 0.460. The largest absolute Gasteiger partial charge is 0.339 e. The second-order valence-corrected chi connectivity index (χ2v) is 8.27. The van der Waals surface area contributed by atoms with Gasteiger partial charge < -0.3 is 4.90 Å². The van der Waals surface area contributed by atoms with Gasteiger partial charge in [0.05, 0.1) is 11.7 Å². The summed E-state index contributed by atoms with van der Waals surface area (Å²) in [6, 6.07) is 23.9. The third-order valence-electron chi connectivity index (χ3n) is 6.05. The first kappa shape index (κ1) is 16.6. The van der Waals surface area contributed by atoms with E-state index in [0.29, 0.717) is 5.29 Å². The molecule has 1 atom stereocenters. The van der Waals surface area contributed by atoms with Crippen molar-refractivity contribution >= 4 is 22.6 Å². The Balaban J connectivity index is 1.69. The smallest absolute Gasteiger partial charge is 0.199 e. The second kappa shape index (κ2) is 5.71. The van der Waals surface area contributed by atoms with E-state index in [1.165, 1.54) is 33.4 Å². The number of para-hydroxylation sites is 1. The molecule has 27 heavy (non-hydrogen) atoms. The van der Waals surface area contributed by atoms with Gasteiger partial charge in [0, 0.05) is 18.0 Å². The van der Waals surface area contributed by atoms with Crippen molar-refractivity contribution in [1.29, 1.82) is 0 Å². The molecule has 1 aliphatic heterocycles. The van der Waals surface area contributed by atoms with Gasteiger partial charge in [0.25, 0.3) is 0 Å². The Hall–Kier alpha value is -2.58. The molecule has 0 aromatic heterocycles. The van der Waals surface area contributed by atoms with Gasteiger partial charge in [0.15, 0.2) is 5.29 Å². The summed E-state index contributed by atoms with van der Waals surface area (Å²) in [6.07, 6.45) is 0. The molecule has 0 saturated heterocycles. The van der Waals surface area contributed by atoms with Gasteiger partial charge >= 0.3 is 0 Å². The van der Waals surface area contributed by atoms with Crippen molar-refractivity contribution in [2.24, 2.45) is 4.99 Å². The van der Waals surface area contributed by atoms with E-state index in [1.807, 2.05) is 19.2 Å². The molecule has 0 saturated carbocycles. The molecular weight excluding hydrogens is 352 g/mol. The van der Waals surface area contributed by atoms with Crippen LogP contribution in [0.5, 0.6) is 0 Å². The van der Waals surface area contributed by atoms with Gasteiger partial charge in [0.1, 0.15) is 0 Å². The summed E-state index contributed by atoms with van der Waals surface area (Å²) in [7, 11) is 2.01. The van der Waals surface area contributed by atoms with Gasteiger partial charge in [-0.3, -0.25) is 0 Å². The average molecular weight is 373 g/mol. The van der Waals surface area contributed by atoms with Crippen LogP contribution in [0, 0.1) is 0 Å². The SMILES string of the molecule is CN1C(Cl)=Nc2ccccc2C1c1ccc2c(c1)C(C)(C)c1ccccc1-2. The zero-order chi connectivity index (χ0) is 18.8. The van der Waals surface area contributed by atoms with Crippen LogP contribution in [0.25, 0.3) is 11.1 Å². The lowest BCUT2D eigenvalue weighted by molar-refractivity contribution is 0.428. The van der Waals surface area contributed by atoms with Gasteiger partial charge in [-0.15, -0.1) is 0 Å². The minimum Gasteiger partial charge on any atom is -0.339 e. The standard InChI is InChI=1S/C24H21ClN2/c1-24(2)19-10-6-4-8-16(19)17-13-12-15(14-20(17)24)22-18-9-5-7-11-21(18)26-23(25)27(22)3/h4-14,22H,1-3H3. The van der Waals surface area contributed by atoms with Gasteiger partial charge in [-0.25, -0.2) is 4.99 Å². The van der Waals surface area contributed by atoms with E-state index in [9.17, 15) is 0 Å². The zero-order valence-corrected chi connectivity index (χ0v) is 16.5. The lowest BCUT2D eigenvalue weighted by Gasteiger charge is -2.34. The first-order valence-corrected chi connectivity index (χ1v) is 9.66. The molecule has 2 aliphatic rings. The minimum atomic E-state index is -0.00736. The van der Waals surface area contributed by atoms with Crippen LogP contribution >= 0.6 is 11.6 Å². The third kappa shape index (κ3) is 2.30. The number of nitrogens with zero attached hydrogens (tertiary/aromatic N) is 2. The van der Waals surface area contributed by atoms with Crippen LogP contribution < -0.4 is 0 Å². The van der Waals surface area contributed by atoms with Gasteiger partial charge in [-0.1, -0.05) is 74.5 Å². The first-order valence-electron chi connectivity index (χ1n) is 9.29. The van der Waals surface area contributed by atoms with Crippen LogP contribution in [-0.4, -0.2) is 17.2 Å². The van der Waals surface area contributed by atoms with Crippen LogP contribution in [0.1, 0.15) is 42.1 Å². The highest BCUT2D eigenvalue weighted by Gasteiger charge is 2.36. The van der Waals surface area contributed by atoms with Crippen LogP contribution in [0.2, 0.25) is 0 Å². The fraction of sp³-hybridized carbons (Fsp3) is 0.208. The minimum absolute atomic E-state index is 0.00736. The molecule has 1 unspecified atom stereocenters. The first-order chi connectivity index (χ1) is 13.0. The molecule has 0 spiro atoms. The van der Waals surface area contributed by atoms with E-state index >= 15 is 0 Å². The maximum Gasteiger partial charge on any atom is 0.199 e. The summed E-state index contributed by atoms with van der Waals surface area (Å²) >= 11 is 6.46. The van der Waals surface area contributed by atoms with Crippen LogP contribution in [0.15, 0.2) is 71.7 Å². The molecule has 0 fully saturated rings. The summed E-state index contributed by atoms with van der Waals surface area (Å²) in [5.41, 5.74) is 8.85. The number of aliphatic imine (C=N–C) groups is 1. The maximum atomic E-state index is 6.46. The van der Waals surface area contributed by atoms with E-state index in [-0.39, 0.29) is 11.5 Å². The molecule has 0 bridgehead atoms. The van der Waals surface area contributed by atoms with Crippen molar-refractivity contribution in [3.8, 4) is 11.1 Å². The highest BCUT2D eigenvalue weighted by Crippen LogP contribution is 2.50. The lowest BCUT2D eigenvalue weighted by atomic mass is 9.81. The van der Waals surface area contributed by atoms with E-state index in [0.717, 1.165) is 5.69 Å². The zero-order valence-electron chi connectivity index (χ0n) is 15.7. The lowest BCUT2D eigenvalue weighted by Crippen LogP contribution is -2.31. The Labute approximate surface area is 165 Å². The Kier molecular flexibility index (Phi) is 3.50. The fourth-order valence-electron chi connectivity index (χ4n) is 4.61. The van der Waals surface area contributed by atoms with Crippen molar-refractivity contribution in [3.63, 3.8) is 0 Å². The monoisotopic (exact) mass is 372 g/mol. The number of fused-ring (bicyclic) bond motifs is 4. The van der Waals surface area contributed by atoms with Crippen molar-refractivity contribution < 1.29 is 0 Å². The molecule has 3 heteroatoms. The summed E-state index contributed by atoms with van der Waals surface area (Å²) in [5, 5.41) is 0.529. The molecule has 134 valence electrons. The fourth-order valence-corrected chi connectivity index (χ4v) is 4.80. The topological polar surface area (TPSA) is 15.6 Å². The highest BCUT2D eigenvalue weighted by molar-refractivity contribution is 6.65. The van der Waals surface area contributed by atoms with Crippen molar-refractivity contribution in [2.45, 2.75) is 25.3 Å². The summed E-state index contributed by atoms with van der Waals surface area (Å²) in [5.74, 6) is 0. The van der Waals surface area contributed by atoms with Gasteiger partial charge in [-0.2, -0.15) is 0 Å². The molecule has 0 radical (unpaired) electrons. The molecule has 1 heterocycles. The maximum absolute atomic E-state index is 6.46. The summed E-state index contributed by atoms with van der Waals surface area (Å²) < 4.78 is 0. The summed E-state index contributed by atoms with van der Waals surface area (Å²) in [6.45, 7) is 4.63. The number of halogens is 1. The third-order valence-corrected chi connectivity index (χ3v) is 6.40. The van der Waals surface area contributed by atoms with Crippen LogP contribution in [0.4, 0.5) is 5.69 Å². The Bertz CT molecular complexity index is 1100. The number of hydrogen-bond donors (Lipinski definition) is 0. The molecule has 2 nitrogen and oxygen atoms in total. The number of amidine groups is 1. The molecule has 3 aromatic carbocycles. The Morgan fingerprint density at radius 3 is 2.44 bits per heavy atom. The average Bonchev–Trinajstić information content (AvgIpc) is 2.90. The van der Waals surface area contributed by atoms with Crippen molar-refractivity contribution in [1.82, 2.24) is 4.90 Å². The van der Waals surface area contributed by atoms with Gasteiger partial charge in [0.2, 0.25) is 0 Å². The Morgan fingerprint density at radius 2 is 1.59 bits per heavy atom. The normalized spacial score (nSPS) is 19.2. The molecular formula is C24H21ClN2. The number of hydrogen-bond acceptors (Lipinski definition) is 2. The number of benzene rings is 3. The predicted octanol–water partition coefficient (Wildman–Crippen LogP) is 6.25. The van der Waals surface area contributed by atoms with Crippen molar-refractivity contribution in [2.75, 3.05) is 7.05 Å². The van der Waals surface area contributed by atoms with Crippen LogP contribution in [-0.2, 0) is 5.41 Å². The molecule has 1 aliphatic carbocycles. The molecule has 0 amide bonds.